The van der Waals surface area contributed by atoms with Crippen LogP contribution >= 0.6 is 35.8 Å². The third-order valence-corrected chi connectivity index (χ3v) is 2.95. The average molecular weight is 283 g/mol. The van der Waals surface area contributed by atoms with Crippen LogP contribution < -0.4 is 10.5 Å². The summed E-state index contributed by atoms with van der Waals surface area (Å²) in [6.07, 6.45) is 0. The van der Waals surface area contributed by atoms with Crippen LogP contribution in [-0.2, 0) is 0 Å². The Morgan fingerprint density at radius 2 is 2.31 bits per heavy atom. The summed E-state index contributed by atoms with van der Waals surface area (Å²) >= 11 is 7.22. The maximum atomic E-state index is 8.38. The number of hydrogen-bond donors (Lipinski definition) is 2. The van der Waals surface area contributed by atoms with Gasteiger partial charge in [0, 0.05) is 9.92 Å². The predicted octanol–water partition coefficient (Wildman–Crippen LogP) is 2.61. The van der Waals surface area contributed by atoms with E-state index in [1.807, 2.05) is 6.07 Å². The van der Waals surface area contributed by atoms with Gasteiger partial charge in [-0.2, -0.15) is 0 Å². The van der Waals surface area contributed by atoms with Crippen molar-refractivity contribution in [1.29, 1.82) is 0 Å². The molecule has 16 heavy (non-hydrogen) atoms. The summed E-state index contributed by atoms with van der Waals surface area (Å²) in [5, 5.41) is 11.9. The maximum Gasteiger partial charge on any atom is 0.149 e. The van der Waals surface area contributed by atoms with Crippen molar-refractivity contribution < 1.29 is 9.94 Å². The van der Waals surface area contributed by atoms with E-state index in [1.165, 1.54) is 11.8 Å². The Labute approximate surface area is 109 Å². The van der Waals surface area contributed by atoms with E-state index in [2.05, 4.69) is 5.16 Å². The van der Waals surface area contributed by atoms with Crippen LogP contribution in [0, 0.1) is 0 Å². The lowest BCUT2D eigenvalue weighted by Crippen LogP contribution is -2.14. The van der Waals surface area contributed by atoms with Crippen LogP contribution in [0.25, 0.3) is 0 Å². The number of methoxy groups -OCH3 is 1. The van der Waals surface area contributed by atoms with Crippen LogP contribution in [-0.4, -0.2) is 23.9 Å². The Balaban J connectivity index is 0.00000225. The van der Waals surface area contributed by atoms with E-state index in [0.717, 1.165) is 4.90 Å². The van der Waals surface area contributed by atoms with E-state index in [0.29, 0.717) is 16.5 Å². The molecule has 0 aliphatic rings. The van der Waals surface area contributed by atoms with Crippen molar-refractivity contribution in [3.8, 4) is 5.75 Å². The minimum absolute atomic E-state index is 0. The van der Waals surface area contributed by atoms with Crippen LogP contribution in [0.5, 0.6) is 5.75 Å². The van der Waals surface area contributed by atoms with E-state index in [-0.39, 0.29) is 18.2 Å². The highest BCUT2D eigenvalue weighted by Crippen LogP contribution is 2.31. The molecule has 3 N–H and O–H groups in total. The van der Waals surface area contributed by atoms with Gasteiger partial charge in [0.2, 0.25) is 0 Å². The first-order valence-electron chi connectivity index (χ1n) is 4.10. The van der Waals surface area contributed by atoms with Crippen molar-refractivity contribution in [3.63, 3.8) is 0 Å². The molecule has 0 aromatic heterocycles. The predicted molar refractivity (Wildman–Crippen MR) is 69.4 cm³/mol. The number of oxime groups is 1. The molecular weight excluding hydrogens is 271 g/mol. The molecular formula is C9H12Cl2N2O2S. The van der Waals surface area contributed by atoms with Crippen molar-refractivity contribution in [2.45, 2.75) is 4.90 Å². The molecule has 0 saturated carbocycles. The molecule has 0 atom stereocenters. The number of nitrogens with zero attached hydrogens (tertiary/aromatic N) is 1. The molecule has 0 spiro atoms. The molecule has 0 radical (unpaired) electrons. The van der Waals surface area contributed by atoms with E-state index < -0.39 is 0 Å². The Kier molecular flexibility index (Phi) is 7.12. The van der Waals surface area contributed by atoms with Gasteiger partial charge in [-0.3, -0.25) is 0 Å². The molecule has 0 aliphatic carbocycles. The van der Waals surface area contributed by atoms with Gasteiger partial charge in [-0.1, -0.05) is 16.8 Å². The van der Waals surface area contributed by atoms with Gasteiger partial charge in [-0.25, -0.2) is 0 Å². The monoisotopic (exact) mass is 282 g/mol. The molecule has 0 amide bonds. The summed E-state index contributed by atoms with van der Waals surface area (Å²) < 4.78 is 5.14. The molecule has 1 aromatic rings. The van der Waals surface area contributed by atoms with Gasteiger partial charge in [0.25, 0.3) is 0 Å². The molecule has 7 heteroatoms. The average Bonchev–Trinajstić information content (AvgIpc) is 2.26. The molecule has 0 unspecified atom stereocenters. The van der Waals surface area contributed by atoms with E-state index in [4.69, 9.17) is 27.3 Å². The number of nitrogens with two attached hydrogens (primary N) is 1. The molecule has 0 fully saturated rings. The number of benzene rings is 1. The summed E-state index contributed by atoms with van der Waals surface area (Å²) in [7, 11) is 1.57. The highest BCUT2D eigenvalue weighted by molar-refractivity contribution is 8.00. The number of thioether (sulfide) groups is 1. The fraction of sp³-hybridized carbons (Fsp3) is 0.222. The number of ether oxygens (including phenoxy) is 1. The largest absolute Gasteiger partial charge is 0.496 e. The SMILES string of the molecule is COc1cc(Cl)ccc1SC/C(N)=N\O.Cl. The quantitative estimate of drug-likeness (QED) is 0.293. The standard InChI is InChI=1S/C9H11ClN2O2S.ClH/c1-14-7-4-6(10)2-3-8(7)15-5-9(11)12-13;/h2-4,13H,5H2,1H3,(H2,11,12);1H. The highest BCUT2D eigenvalue weighted by Gasteiger charge is 2.05. The summed E-state index contributed by atoms with van der Waals surface area (Å²) in [5.74, 6) is 1.24. The summed E-state index contributed by atoms with van der Waals surface area (Å²) in [5.41, 5.74) is 5.35. The van der Waals surface area contributed by atoms with Gasteiger partial charge >= 0.3 is 0 Å². The zero-order chi connectivity index (χ0) is 11.3. The van der Waals surface area contributed by atoms with Crippen LogP contribution in [0.2, 0.25) is 5.02 Å². The third kappa shape index (κ3) is 4.38. The minimum Gasteiger partial charge on any atom is -0.496 e. The van der Waals surface area contributed by atoms with E-state index >= 15 is 0 Å². The Morgan fingerprint density at radius 1 is 1.62 bits per heavy atom. The molecule has 0 bridgehead atoms. The van der Waals surface area contributed by atoms with Gasteiger partial charge < -0.3 is 15.7 Å². The van der Waals surface area contributed by atoms with Crippen molar-refractivity contribution in [2.75, 3.05) is 12.9 Å². The summed E-state index contributed by atoms with van der Waals surface area (Å²) in [4.78, 5) is 0.897. The lowest BCUT2D eigenvalue weighted by molar-refractivity contribution is 0.318. The summed E-state index contributed by atoms with van der Waals surface area (Å²) in [6.45, 7) is 0. The zero-order valence-electron chi connectivity index (χ0n) is 8.51. The highest BCUT2D eigenvalue weighted by atomic mass is 35.5. The Bertz CT molecular complexity index is 375. The second-order valence-electron chi connectivity index (χ2n) is 2.68. The minimum atomic E-state index is 0. The van der Waals surface area contributed by atoms with Crippen LogP contribution in [0.4, 0.5) is 0 Å². The Hall–Kier alpha value is -0.780. The fourth-order valence-electron chi connectivity index (χ4n) is 0.941. The van der Waals surface area contributed by atoms with Gasteiger partial charge in [0.15, 0.2) is 0 Å². The van der Waals surface area contributed by atoms with Gasteiger partial charge in [0.1, 0.15) is 11.6 Å². The second kappa shape index (κ2) is 7.49. The molecule has 1 aromatic carbocycles. The second-order valence-corrected chi connectivity index (χ2v) is 4.13. The van der Waals surface area contributed by atoms with Crippen LogP contribution in [0.1, 0.15) is 0 Å². The number of halogens is 2. The number of amidine groups is 1. The topological polar surface area (TPSA) is 67.8 Å². The molecule has 0 aliphatic heterocycles. The van der Waals surface area contributed by atoms with E-state index in [1.54, 1.807) is 19.2 Å². The number of hydrogen-bond acceptors (Lipinski definition) is 4. The molecule has 0 heterocycles. The van der Waals surface area contributed by atoms with Gasteiger partial charge in [-0.15, -0.1) is 24.2 Å². The molecule has 0 saturated heterocycles. The van der Waals surface area contributed by atoms with Crippen molar-refractivity contribution in [3.05, 3.63) is 23.2 Å². The third-order valence-electron chi connectivity index (χ3n) is 1.63. The molecule has 4 nitrogen and oxygen atoms in total. The molecule has 90 valence electrons. The maximum absolute atomic E-state index is 8.38. The first-order chi connectivity index (χ1) is 7.17. The smallest absolute Gasteiger partial charge is 0.149 e. The van der Waals surface area contributed by atoms with Crippen molar-refractivity contribution in [1.82, 2.24) is 0 Å². The van der Waals surface area contributed by atoms with Crippen molar-refractivity contribution in [2.24, 2.45) is 10.9 Å². The Morgan fingerprint density at radius 3 is 2.88 bits per heavy atom. The first kappa shape index (κ1) is 15.2. The van der Waals surface area contributed by atoms with Gasteiger partial charge in [-0.05, 0) is 18.2 Å². The van der Waals surface area contributed by atoms with Crippen LogP contribution in [0.15, 0.2) is 28.3 Å². The van der Waals surface area contributed by atoms with Gasteiger partial charge in [0.05, 0.1) is 12.9 Å². The lowest BCUT2D eigenvalue weighted by atomic mass is 10.3. The zero-order valence-corrected chi connectivity index (χ0v) is 10.9. The van der Waals surface area contributed by atoms with Crippen molar-refractivity contribution >= 4 is 41.6 Å². The number of rotatable bonds is 4. The van der Waals surface area contributed by atoms with Crippen LogP contribution in [0.3, 0.4) is 0 Å². The fourth-order valence-corrected chi connectivity index (χ4v) is 1.91. The first-order valence-corrected chi connectivity index (χ1v) is 5.46. The lowest BCUT2D eigenvalue weighted by Gasteiger charge is -2.07. The van der Waals surface area contributed by atoms with E-state index in [9.17, 15) is 0 Å². The normalized spacial score (nSPS) is 10.8. The summed E-state index contributed by atoms with van der Waals surface area (Å²) in [6, 6.07) is 5.31. The molecule has 1 rings (SSSR count).